The smallest absolute Gasteiger partial charge is 0.274 e. The van der Waals surface area contributed by atoms with Gasteiger partial charge in [-0.25, -0.2) is 12.7 Å². The zero-order chi connectivity index (χ0) is 90.7. The molecule has 0 bridgehead atoms. The summed E-state index contributed by atoms with van der Waals surface area (Å²) < 4.78 is 34.5. The van der Waals surface area contributed by atoms with Gasteiger partial charge in [0.05, 0.1) is 48.6 Å². The predicted octanol–water partition coefficient (Wildman–Crippen LogP) is 14.3. The fourth-order valence-electron chi connectivity index (χ4n) is 10.4. The molecule has 3 heterocycles. The SMILES string of the molecule is CC(C)(C)CCCn1cc(CO)nn1.CC(C)(C)CCCn1cc(COC(C)(C)C)nn1.CC(C)(C)CCCn1ccnn1.CC(C)CCCN(C)S(C)(=O)=O.CC(C)CCCN=C(NC#N)N(C)C.CN(C)c1c(NCCCC(C)(C)C)c(=O)c1=O.CN/C(=C\[N+](=O)[O-])NCCCC(C)C.CNc1c(NCCCC(C)(C)C)c(=O)c1=O. The second kappa shape index (κ2) is 58.1. The van der Waals surface area contributed by atoms with Gasteiger partial charge in [-0.3, -0.25) is 53.6 Å². The average Bonchev–Trinajstić information content (AvgIpc) is 1.23. The Labute approximate surface area is 705 Å². The summed E-state index contributed by atoms with van der Waals surface area (Å²) in [7, 11) is 9.24. The van der Waals surface area contributed by atoms with Crippen molar-refractivity contribution < 1.29 is 23.2 Å². The number of rotatable bonds is 38. The van der Waals surface area contributed by atoms with E-state index >= 15 is 0 Å². The minimum Gasteiger partial charge on any atom is -0.390 e. The lowest BCUT2D eigenvalue weighted by Crippen LogP contribution is -2.40. The number of aryl methyl sites for hydroxylation is 3. The van der Waals surface area contributed by atoms with E-state index in [-0.39, 0.29) is 23.1 Å². The number of anilines is 4. The fraction of sp³-hybridized carbons (Fsp3) is 0.788. The maximum Gasteiger partial charge on any atom is 0.274 e. The Hall–Kier alpha value is -7.89. The molecule has 0 spiro atoms. The van der Waals surface area contributed by atoms with Crippen LogP contribution in [0.5, 0.6) is 0 Å². The third-order valence-electron chi connectivity index (χ3n) is 17.1. The quantitative estimate of drug-likeness (QED) is 0.00282. The Morgan fingerprint density at radius 2 is 1.03 bits per heavy atom. The monoisotopic (exact) mass is 1670 g/mol. The lowest BCUT2D eigenvalue weighted by molar-refractivity contribution is -0.404. The molecule has 0 aliphatic heterocycles. The van der Waals surface area contributed by atoms with Crippen molar-refractivity contribution in [3.8, 4) is 6.19 Å². The van der Waals surface area contributed by atoms with Crippen molar-refractivity contribution in [2.75, 3.05) is 109 Å². The summed E-state index contributed by atoms with van der Waals surface area (Å²) in [6, 6.07) is 0. The van der Waals surface area contributed by atoms with Crippen molar-refractivity contribution in [1.29, 1.82) is 5.26 Å². The van der Waals surface area contributed by atoms with Crippen LogP contribution in [0.25, 0.3) is 0 Å². The number of sulfonamides is 1. The molecule has 3 aromatic heterocycles. The number of aromatic nitrogens is 9. The van der Waals surface area contributed by atoms with E-state index in [0.29, 0.717) is 92.3 Å². The van der Waals surface area contributed by atoms with Crippen molar-refractivity contribution in [3.63, 3.8) is 0 Å². The molecular weight excluding hydrogens is 1510 g/mol. The molecule has 0 saturated heterocycles. The van der Waals surface area contributed by atoms with Crippen LogP contribution in [0.15, 0.2) is 61.0 Å². The van der Waals surface area contributed by atoms with E-state index in [0.717, 1.165) is 134 Å². The van der Waals surface area contributed by atoms with Crippen LogP contribution in [-0.4, -0.2) is 173 Å². The molecule has 0 unspecified atom stereocenters. The summed E-state index contributed by atoms with van der Waals surface area (Å²) in [6.45, 7) is 59.4. The minimum atomic E-state index is -2.97. The van der Waals surface area contributed by atoms with Gasteiger partial charge in [-0.05, 0) is 168 Å². The number of guanidine groups is 1. The van der Waals surface area contributed by atoms with Crippen molar-refractivity contribution in [3.05, 3.63) is 99.2 Å². The van der Waals surface area contributed by atoms with E-state index in [2.05, 4.69) is 213 Å². The molecule has 0 aliphatic carbocycles. The standard InChI is InChI=1S/C14H27N3O.C13H22N2O2.C12H20N2O2.C10H20N4.C10H19N3O.C9H19N3O2.C9H17N3.C8H19NO2S/c1-13(2,3)8-7-9-17-10-12(15-16-17)11-18-14(4,5)6;1-13(2,3)7-6-8-14-9-10(15(4)5)12(17)11(9)16;1-12(2,3)6-5-7-14-9-8(13-4)10(15)11(9)16;1-9(2)6-5-7-12-10(13-8-11)14(3)4;1-10(2,3)5-4-6-13-7-9(8-14)11-12-13;1-8(2)5-4-6-11-9(10-3)7-12(13)14;1-9(2,3)5-4-7-12-8-6-10-11-12;1-8(2)6-5-7-9(3)12(4,10)11/h10H,7-9,11H2,1-6H3;14H,6-8H2,1-5H3;13-14H,5-7H2,1-4H3;9H,5-7H2,1-4H3,(H,12,13);7,14H,4-6,8H2,1-3H3;7-8,10-11H,4-6H2,1-3H3;6,8H,4-5,7H2,1-3H3;8H,5-7H2,1-4H3/b;;;;;9-7+;;. The second-order valence-electron chi connectivity index (χ2n) is 38.3. The fourth-order valence-corrected chi connectivity index (χ4v) is 10.8. The number of hydrogen-bond donors (Lipinski definition) is 7. The molecule has 5 rings (SSSR count). The molecule has 2 aromatic carbocycles. The van der Waals surface area contributed by atoms with E-state index in [1.807, 2.05) is 62.8 Å². The normalized spacial score (nSPS) is 12.0. The van der Waals surface area contributed by atoms with Gasteiger partial charge >= 0.3 is 0 Å². The van der Waals surface area contributed by atoms with Gasteiger partial charge in [0, 0.05) is 108 Å². The number of nitrogens with zero attached hydrogens (tertiary/aromatic N) is 15. The Kier molecular flexibility index (Phi) is 56.2. The van der Waals surface area contributed by atoms with Crippen LogP contribution in [0.3, 0.4) is 0 Å². The number of nitriles is 1. The van der Waals surface area contributed by atoms with Gasteiger partial charge in [-0.1, -0.05) is 161 Å². The van der Waals surface area contributed by atoms with Gasteiger partial charge in [0.1, 0.15) is 34.1 Å². The molecule has 0 atom stereocenters. The second-order valence-corrected chi connectivity index (χ2v) is 40.4. The summed E-state index contributed by atoms with van der Waals surface area (Å²) in [6.07, 6.45) is 29.0. The molecule has 31 nitrogen and oxygen atoms in total. The van der Waals surface area contributed by atoms with Crippen LogP contribution in [-0.2, 0) is 47.6 Å². The van der Waals surface area contributed by atoms with Gasteiger partial charge in [0.2, 0.25) is 16.0 Å². The van der Waals surface area contributed by atoms with E-state index < -0.39 is 25.8 Å². The summed E-state index contributed by atoms with van der Waals surface area (Å²) in [5, 5.41) is 68.1. The van der Waals surface area contributed by atoms with Gasteiger partial charge < -0.3 is 46.2 Å². The Morgan fingerprint density at radius 3 is 1.42 bits per heavy atom. The predicted molar refractivity (Wildman–Crippen MR) is 484 cm³/mol. The van der Waals surface area contributed by atoms with Crippen molar-refractivity contribution >= 4 is 38.7 Å². The lowest BCUT2D eigenvalue weighted by Gasteiger charge is -2.21. The number of nitro groups is 1. The first-order chi connectivity index (χ1) is 53.8. The Bertz CT molecular complexity index is 3800. The molecule has 0 saturated carbocycles. The van der Waals surface area contributed by atoms with Crippen LogP contribution in [0.4, 0.5) is 22.7 Å². The molecule has 5 aromatic rings. The average molecular weight is 1670 g/mol. The van der Waals surface area contributed by atoms with Crippen LogP contribution in [0.1, 0.15) is 280 Å². The number of aliphatic hydroxyl groups excluding tert-OH is 1. The van der Waals surface area contributed by atoms with Crippen molar-refractivity contribution in [2.45, 2.75) is 307 Å². The number of ether oxygens (including phenoxy) is 1. The largest absolute Gasteiger partial charge is 0.390 e. The molecule has 0 amide bonds. The first kappa shape index (κ1) is 113. The van der Waals surface area contributed by atoms with Crippen LogP contribution < -0.4 is 58.5 Å². The van der Waals surface area contributed by atoms with Crippen LogP contribution >= 0.6 is 0 Å². The summed E-state index contributed by atoms with van der Waals surface area (Å²) in [5.41, 5.74) is 3.48. The highest BCUT2D eigenvalue weighted by Crippen LogP contribution is 2.26. The maximum absolute atomic E-state index is 11.4. The highest BCUT2D eigenvalue weighted by Gasteiger charge is 2.23. The van der Waals surface area contributed by atoms with E-state index in [1.165, 1.54) is 42.7 Å². The molecule has 32 heteroatoms. The van der Waals surface area contributed by atoms with Gasteiger partial charge in [-0.2, -0.15) is 5.26 Å². The van der Waals surface area contributed by atoms with Crippen molar-refractivity contribution in [2.24, 2.45) is 49.8 Å². The minimum absolute atomic E-state index is 0.0285. The van der Waals surface area contributed by atoms with Gasteiger partial charge in [-0.15, -0.1) is 15.3 Å². The van der Waals surface area contributed by atoms with E-state index in [9.17, 15) is 37.7 Å². The third kappa shape index (κ3) is 62.9. The molecule has 117 heavy (non-hydrogen) atoms. The first-order valence-electron chi connectivity index (χ1n) is 41.7. The van der Waals surface area contributed by atoms with Gasteiger partial charge in [0.25, 0.3) is 27.9 Å². The highest BCUT2D eigenvalue weighted by molar-refractivity contribution is 7.88. The zero-order valence-corrected chi connectivity index (χ0v) is 79.6. The number of aliphatic hydroxyl groups is 1. The zero-order valence-electron chi connectivity index (χ0n) is 78.7. The van der Waals surface area contributed by atoms with Gasteiger partial charge in [0.15, 0.2) is 12.0 Å². The molecule has 7 N–H and O–H groups in total. The molecule has 0 aliphatic rings. The number of hydrogen-bond acceptors (Lipinski definition) is 24. The molecule has 0 fully saturated rings. The van der Waals surface area contributed by atoms with E-state index in [1.54, 1.807) is 62.1 Å². The molecule has 0 radical (unpaired) electrons. The topological polar surface area (TPSA) is 385 Å². The van der Waals surface area contributed by atoms with Crippen LogP contribution in [0.2, 0.25) is 0 Å². The summed E-state index contributed by atoms with van der Waals surface area (Å²) in [5.74, 6) is 3.14. The van der Waals surface area contributed by atoms with Crippen molar-refractivity contribution in [1.82, 2.24) is 70.1 Å². The highest BCUT2D eigenvalue weighted by atomic mass is 32.2. The van der Waals surface area contributed by atoms with E-state index in [4.69, 9.17) is 15.1 Å². The summed E-state index contributed by atoms with van der Waals surface area (Å²) >= 11 is 0. The molecule has 674 valence electrons. The first-order valence-corrected chi connectivity index (χ1v) is 43.6. The lowest BCUT2D eigenvalue weighted by atomic mass is 9.90. The summed E-state index contributed by atoms with van der Waals surface area (Å²) in [4.78, 5) is 62.5. The number of aliphatic imine (C=N–C) groups is 1. The Balaban J connectivity index is -0.00000127. The Morgan fingerprint density at radius 1 is 0.607 bits per heavy atom. The van der Waals surface area contributed by atoms with Crippen LogP contribution in [0, 0.1) is 66.4 Å². The third-order valence-corrected chi connectivity index (χ3v) is 18.4. The molecular formula is C85H163N21O10S. The number of nitrogens with one attached hydrogen (secondary N) is 6. The maximum atomic E-state index is 11.4.